The van der Waals surface area contributed by atoms with Gasteiger partial charge in [-0.25, -0.2) is 15.0 Å². The number of furan rings is 2. The fraction of sp³-hybridized carbons (Fsp3) is 0. The van der Waals surface area contributed by atoms with E-state index in [-0.39, 0.29) is 0 Å². The maximum Gasteiger partial charge on any atom is 0.164 e. The predicted molar refractivity (Wildman–Crippen MR) is 281 cm³/mol. The zero-order valence-corrected chi connectivity index (χ0v) is 37.0. The van der Waals surface area contributed by atoms with Crippen molar-refractivity contribution in [2.45, 2.75) is 0 Å². The standard InChI is InChI=1S/C63H38N4O2/c1-4-16-39(17-5-1)42-32-34-53-50(37-42)48-24-10-11-28-52(48)67(53)54-29-15-31-57-59(54)51-38-44(33-35-55(51)68-57)47-26-13-27-49-58-46(25-14-30-56(58)69-60(47)49)43-22-12-23-45(36-43)63-65-61(40-18-6-2-7-19-40)64-62(66-63)41-20-8-3-9-21-41/h1-38H. The molecule has 0 unspecified atom stereocenters. The van der Waals surface area contributed by atoms with E-state index < -0.39 is 0 Å². The molecule has 322 valence electrons. The van der Waals surface area contributed by atoms with Crippen LogP contribution < -0.4 is 0 Å². The molecule has 0 amide bonds. The maximum absolute atomic E-state index is 6.89. The Morgan fingerprint density at radius 1 is 0.290 bits per heavy atom. The van der Waals surface area contributed by atoms with Crippen molar-refractivity contribution in [3.05, 3.63) is 231 Å². The Morgan fingerprint density at radius 2 is 0.826 bits per heavy atom. The van der Waals surface area contributed by atoms with Crippen molar-refractivity contribution in [1.29, 1.82) is 0 Å². The highest BCUT2D eigenvalue weighted by Crippen LogP contribution is 2.44. The number of para-hydroxylation sites is 2. The molecule has 0 radical (unpaired) electrons. The van der Waals surface area contributed by atoms with Crippen molar-refractivity contribution in [2.24, 2.45) is 0 Å². The molecule has 6 nitrogen and oxygen atoms in total. The third-order valence-electron chi connectivity index (χ3n) is 13.5. The zero-order valence-electron chi connectivity index (χ0n) is 37.0. The smallest absolute Gasteiger partial charge is 0.164 e. The molecule has 0 aliphatic heterocycles. The molecule has 0 atom stereocenters. The molecule has 0 spiro atoms. The van der Waals surface area contributed by atoms with Crippen LogP contribution in [-0.2, 0) is 0 Å². The average Bonchev–Trinajstić information content (AvgIpc) is 4.11. The summed E-state index contributed by atoms with van der Waals surface area (Å²) in [6, 6.07) is 80.3. The molecule has 6 heteroatoms. The Balaban J connectivity index is 0.899. The van der Waals surface area contributed by atoms with Gasteiger partial charge in [-0.15, -0.1) is 0 Å². The van der Waals surface area contributed by atoms with Crippen molar-refractivity contribution in [3.63, 3.8) is 0 Å². The summed E-state index contributed by atoms with van der Waals surface area (Å²) in [6.45, 7) is 0. The third-order valence-corrected chi connectivity index (χ3v) is 13.5. The van der Waals surface area contributed by atoms with Gasteiger partial charge in [0.25, 0.3) is 0 Å². The van der Waals surface area contributed by atoms with E-state index in [1.54, 1.807) is 0 Å². The number of hydrogen-bond donors (Lipinski definition) is 0. The molecule has 0 N–H and O–H groups in total. The summed E-state index contributed by atoms with van der Waals surface area (Å²) < 4.78 is 15.9. The number of benzene rings is 10. The monoisotopic (exact) mass is 882 g/mol. The Bertz CT molecular complexity index is 4250. The van der Waals surface area contributed by atoms with Crippen molar-refractivity contribution >= 4 is 65.7 Å². The number of fused-ring (bicyclic) bond motifs is 9. The number of hydrogen-bond acceptors (Lipinski definition) is 5. The van der Waals surface area contributed by atoms with Gasteiger partial charge >= 0.3 is 0 Å². The molecule has 0 fully saturated rings. The second-order valence-corrected chi connectivity index (χ2v) is 17.5. The van der Waals surface area contributed by atoms with Crippen molar-refractivity contribution in [2.75, 3.05) is 0 Å². The summed E-state index contributed by atoms with van der Waals surface area (Å²) >= 11 is 0. The highest BCUT2D eigenvalue weighted by atomic mass is 16.3. The lowest BCUT2D eigenvalue weighted by Gasteiger charge is -2.10. The molecule has 14 rings (SSSR count). The van der Waals surface area contributed by atoms with E-state index in [2.05, 4.69) is 174 Å². The molecule has 0 saturated heterocycles. The maximum atomic E-state index is 6.89. The van der Waals surface area contributed by atoms with Gasteiger partial charge < -0.3 is 13.4 Å². The summed E-state index contributed by atoms with van der Waals surface area (Å²) in [5.74, 6) is 1.86. The highest BCUT2D eigenvalue weighted by Gasteiger charge is 2.21. The first-order chi connectivity index (χ1) is 34.2. The van der Waals surface area contributed by atoms with E-state index in [4.69, 9.17) is 23.8 Å². The van der Waals surface area contributed by atoms with E-state index in [9.17, 15) is 0 Å². The van der Waals surface area contributed by atoms with Crippen LogP contribution in [0.1, 0.15) is 0 Å². The lowest BCUT2D eigenvalue weighted by atomic mass is 9.96. The first kappa shape index (κ1) is 38.8. The van der Waals surface area contributed by atoms with Crippen LogP contribution in [0.15, 0.2) is 239 Å². The molecule has 4 aromatic heterocycles. The highest BCUT2D eigenvalue weighted by molar-refractivity contribution is 6.18. The third kappa shape index (κ3) is 6.38. The van der Waals surface area contributed by atoms with Gasteiger partial charge in [0.05, 0.1) is 22.1 Å². The zero-order chi connectivity index (χ0) is 45.4. The quantitative estimate of drug-likeness (QED) is 0.159. The van der Waals surface area contributed by atoms with Crippen LogP contribution in [-0.4, -0.2) is 19.5 Å². The van der Waals surface area contributed by atoms with Crippen molar-refractivity contribution in [3.8, 4) is 73.2 Å². The van der Waals surface area contributed by atoms with Crippen molar-refractivity contribution in [1.82, 2.24) is 19.5 Å². The SMILES string of the molecule is c1ccc(-c2ccc3c(c2)c2ccccc2n3-c2cccc3oc4ccc(-c5cccc6c5oc5cccc(-c7cccc(-c8nc(-c9ccccc9)nc(-c9ccccc9)n8)c7)c56)cc4c23)cc1. The van der Waals surface area contributed by atoms with Gasteiger partial charge in [-0.3, -0.25) is 0 Å². The molecule has 14 aromatic rings. The lowest BCUT2D eigenvalue weighted by Crippen LogP contribution is -2.00. The Hall–Kier alpha value is -9.39. The van der Waals surface area contributed by atoms with Crippen molar-refractivity contribution < 1.29 is 8.83 Å². The van der Waals surface area contributed by atoms with E-state index in [0.717, 1.165) is 99.5 Å². The van der Waals surface area contributed by atoms with Crippen LogP contribution in [0.2, 0.25) is 0 Å². The fourth-order valence-electron chi connectivity index (χ4n) is 10.3. The van der Waals surface area contributed by atoms with E-state index >= 15 is 0 Å². The van der Waals surface area contributed by atoms with E-state index in [0.29, 0.717) is 17.5 Å². The number of rotatable bonds is 7. The lowest BCUT2D eigenvalue weighted by molar-refractivity contribution is 0.668. The van der Waals surface area contributed by atoms with Gasteiger partial charge in [-0.1, -0.05) is 176 Å². The molecule has 69 heavy (non-hydrogen) atoms. The number of aromatic nitrogens is 4. The van der Waals surface area contributed by atoms with Crippen LogP contribution in [0.4, 0.5) is 0 Å². The van der Waals surface area contributed by atoms with Gasteiger partial charge in [0.1, 0.15) is 22.3 Å². The van der Waals surface area contributed by atoms with Gasteiger partial charge in [-0.2, -0.15) is 0 Å². The molecular formula is C63H38N4O2. The first-order valence-electron chi connectivity index (χ1n) is 23.2. The summed E-state index contributed by atoms with van der Waals surface area (Å²) in [5, 5.41) is 6.61. The van der Waals surface area contributed by atoms with Gasteiger partial charge in [-0.05, 0) is 82.4 Å². The van der Waals surface area contributed by atoms with Gasteiger partial charge in [0.15, 0.2) is 17.5 Å². The molecule has 0 saturated carbocycles. The summed E-state index contributed by atoms with van der Waals surface area (Å²) in [7, 11) is 0. The minimum atomic E-state index is 0.608. The fourth-order valence-corrected chi connectivity index (χ4v) is 10.3. The molecule has 0 aliphatic rings. The molecule has 10 aromatic carbocycles. The van der Waals surface area contributed by atoms with Crippen LogP contribution in [0.5, 0.6) is 0 Å². The predicted octanol–water partition coefficient (Wildman–Crippen LogP) is 16.8. The molecular weight excluding hydrogens is 845 g/mol. The second-order valence-electron chi connectivity index (χ2n) is 17.5. The summed E-state index contributed by atoms with van der Waals surface area (Å²) in [6.07, 6.45) is 0. The summed E-state index contributed by atoms with van der Waals surface area (Å²) in [4.78, 5) is 15.0. The van der Waals surface area contributed by atoms with Crippen LogP contribution >= 0.6 is 0 Å². The minimum absolute atomic E-state index is 0.608. The molecule has 4 heterocycles. The Morgan fingerprint density at radius 3 is 1.59 bits per heavy atom. The summed E-state index contributed by atoms with van der Waals surface area (Å²) in [5.41, 5.74) is 16.0. The van der Waals surface area contributed by atoms with Crippen LogP contribution in [0.25, 0.3) is 139 Å². The Kier molecular flexibility index (Phi) is 8.79. The average molecular weight is 883 g/mol. The van der Waals surface area contributed by atoms with Crippen LogP contribution in [0, 0.1) is 0 Å². The van der Waals surface area contributed by atoms with Crippen LogP contribution in [0.3, 0.4) is 0 Å². The van der Waals surface area contributed by atoms with E-state index in [1.807, 2.05) is 60.7 Å². The number of nitrogens with zero attached hydrogens (tertiary/aromatic N) is 4. The topological polar surface area (TPSA) is 69.9 Å². The normalized spacial score (nSPS) is 11.8. The van der Waals surface area contributed by atoms with Gasteiger partial charge in [0, 0.05) is 49.2 Å². The first-order valence-corrected chi connectivity index (χ1v) is 23.2. The second kappa shape index (κ2) is 15.6. The molecule has 0 bridgehead atoms. The van der Waals surface area contributed by atoms with Gasteiger partial charge in [0.2, 0.25) is 0 Å². The Labute approximate surface area is 396 Å². The molecule has 0 aliphatic carbocycles. The van der Waals surface area contributed by atoms with E-state index in [1.165, 1.54) is 21.9 Å². The minimum Gasteiger partial charge on any atom is -0.456 e. The largest absolute Gasteiger partial charge is 0.456 e.